The maximum absolute atomic E-state index is 11.9. The molecule has 0 saturated heterocycles. The van der Waals surface area contributed by atoms with Gasteiger partial charge >= 0.3 is 0 Å². The van der Waals surface area contributed by atoms with E-state index in [4.69, 9.17) is 0 Å². The van der Waals surface area contributed by atoms with E-state index >= 15 is 0 Å². The fourth-order valence-corrected chi connectivity index (χ4v) is 2.17. The molecule has 0 saturated carbocycles. The van der Waals surface area contributed by atoms with Gasteiger partial charge in [-0.05, 0) is 53.6 Å². The number of rotatable bonds is 5. The predicted octanol–water partition coefficient (Wildman–Crippen LogP) is 3.60. The average Bonchev–Trinajstić information content (AvgIpc) is 2.28. The van der Waals surface area contributed by atoms with Gasteiger partial charge in [-0.3, -0.25) is 4.79 Å². The number of halogens is 1. The first-order valence-corrected chi connectivity index (χ1v) is 6.81. The molecule has 16 heavy (non-hydrogen) atoms. The summed E-state index contributed by atoms with van der Waals surface area (Å²) in [6.45, 7) is 4.25. The van der Waals surface area contributed by atoms with Crippen molar-refractivity contribution < 1.29 is 4.79 Å². The number of amides is 1. The van der Waals surface area contributed by atoms with Gasteiger partial charge in [0.2, 0.25) is 0 Å². The third kappa shape index (κ3) is 4.12. The van der Waals surface area contributed by atoms with Crippen LogP contribution in [0.25, 0.3) is 0 Å². The van der Waals surface area contributed by atoms with Gasteiger partial charge in [0, 0.05) is 15.2 Å². The molecule has 1 atom stereocenters. The van der Waals surface area contributed by atoms with Crippen molar-refractivity contribution in [2.75, 3.05) is 0 Å². The topological polar surface area (TPSA) is 29.1 Å². The summed E-state index contributed by atoms with van der Waals surface area (Å²) in [6.07, 6.45) is 3.14. The number of nitrogens with one attached hydrogen (secondary N) is 1. The highest BCUT2D eigenvalue weighted by Crippen LogP contribution is 2.09. The van der Waals surface area contributed by atoms with Crippen molar-refractivity contribution >= 4 is 28.5 Å². The molecule has 1 amide bonds. The van der Waals surface area contributed by atoms with Crippen LogP contribution in [-0.2, 0) is 0 Å². The normalized spacial score (nSPS) is 12.2. The van der Waals surface area contributed by atoms with Crippen LogP contribution in [0, 0.1) is 3.57 Å². The summed E-state index contributed by atoms with van der Waals surface area (Å²) >= 11 is 2.22. The van der Waals surface area contributed by atoms with Gasteiger partial charge in [0.1, 0.15) is 0 Å². The zero-order chi connectivity index (χ0) is 12.0. The fourth-order valence-electron chi connectivity index (χ4n) is 1.63. The lowest BCUT2D eigenvalue weighted by Gasteiger charge is -2.16. The smallest absolute Gasteiger partial charge is 0.251 e. The number of carbonyl (C=O) groups excluding carboxylic acids is 1. The number of hydrogen-bond acceptors (Lipinski definition) is 1. The molecule has 0 heterocycles. The summed E-state index contributed by atoms with van der Waals surface area (Å²) in [5.74, 6) is 0.0406. The molecule has 0 bridgehead atoms. The van der Waals surface area contributed by atoms with E-state index in [2.05, 4.69) is 41.8 Å². The predicted molar refractivity (Wildman–Crippen MR) is 75.6 cm³/mol. The van der Waals surface area contributed by atoms with E-state index in [0.717, 1.165) is 28.4 Å². The minimum absolute atomic E-state index is 0.0406. The second-order valence-corrected chi connectivity index (χ2v) is 5.12. The molecule has 0 aromatic heterocycles. The van der Waals surface area contributed by atoms with Gasteiger partial charge in [-0.25, -0.2) is 0 Å². The SMILES string of the molecule is CCCC(CC)NC(=O)c1cccc(I)c1. The average molecular weight is 331 g/mol. The molecule has 0 aliphatic rings. The van der Waals surface area contributed by atoms with E-state index in [-0.39, 0.29) is 5.91 Å². The van der Waals surface area contributed by atoms with Crippen LogP contribution in [0.1, 0.15) is 43.5 Å². The molecule has 0 aliphatic heterocycles. The molecule has 1 rings (SSSR count). The van der Waals surface area contributed by atoms with Gasteiger partial charge in [-0.1, -0.05) is 26.3 Å². The van der Waals surface area contributed by atoms with Crippen LogP contribution in [0.15, 0.2) is 24.3 Å². The Balaban J connectivity index is 2.64. The van der Waals surface area contributed by atoms with Crippen molar-refractivity contribution in [3.8, 4) is 0 Å². The minimum Gasteiger partial charge on any atom is -0.349 e. The fraction of sp³-hybridized carbons (Fsp3) is 0.462. The zero-order valence-electron chi connectivity index (χ0n) is 9.79. The summed E-state index contributed by atoms with van der Waals surface area (Å²) in [5, 5.41) is 3.07. The summed E-state index contributed by atoms with van der Waals surface area (Å²) in [5.41, 5.74) is 0.751. The third-order valence-electron chi connectivity index (χ3n) is 2.55. The van der Waals surface area contributed by atoms with E-state index in [1.807, 2.05) is 24.3 Å². The van der Waals surface area contributed by atoms with Crippen molar-refractivity contribution in [1.82, 2.24) is 5.32 Å². The van der Waals surface area contributed by atoms with Crippen LogP contribution < -0.4 is 5.32 Å². The molecule has 1 aromatic carbocycles. The molecular weight excluding hydrogens is 313 g/mol. The van der Waals surface area contributed by atoms with Gasteiger partial charge in [-0.2, -0.15) is 0 Å². The molecule has 0 spiro atoms. The molecule has 1 N–H and O–H groups in total. The van der Waals surface area contributed by atoms with Crippen LogP contribution in [0.2, 0.25) is 0 Å². The highest BCUT2D eigenvalue weighted by Gasteiger charge is 2.11. The molecule has 0 aliphatic carbocycles. The van der Waals surface area contributed by atoms with E-state index in [1.54, 1.807) is 0 Å². The number of hydrogen-bond donors (Lipinski definition) is 1. The van der Waals surface area contributed by atoms with Crippen LogP contribution in [0.4, 0.5) is 0 Å². The Morgan fingerprint density at radius 3 is 2.75 bits per heavy atom. The Morgan fingerprint density at radius 1 is 1.44 bits per heavy atom. The summed E-state index contributed by atoms with van der Waals surface area (Å²) in [4.78, 5) is 11.9. The van der Waals surface area contributed by atoms with Crippen LogP contribution in [0.3, 0.4) is 0 Å². The van der Waals surface area contributed by atoms with Gasteiger partial charge in [-0.15, -0.1) is 0 Å². The van der Waals surface area contributed by atoms with E-state index in [1.165, 1.54) is 0 Å². The molecule has 2 nitrogen and oxygen atoms in total. The maximum atomic E-state index is 11.9. The lowest BCUT2D eigenvalue weighted by Crippen LogP contribution is -2.34. The van der Waals surface area contributed by atoms with Crippen molar-refractivity contribution in [3.63, 3.8) is 0 Å². The van der Waals surface area contributed by atoms with Crippen molar-refractivity contribution in [2.24, 2.45) is 0 Å². The van der Waals surface area contributed by atoms with Crippen molar-refractivity contribution in [2.45, 2.75) is 39.2 Å². The molecule has 0 fully saturated rings. The van der Waals surface area contributed by atoms with Crippen molar-refractivity contribution in [3.05, 3.63) is 33.4 Å². The van der Waals surface area contributed by atoms with E-state index in [9.17, 15) is 4.79 Å². The molecule has 88 valence electrons. The summed E-state index contributed by atoms with van der Waals surface area (Å²) < 4.78 is 1.09. The van der Waals surface area contributed by atoms with E-state index < -0.39 is 0 Å². The van der Waals surface area contributed by atoms with Crippen LogP contribution >= 0.6 is 22.6 Å². The minimum atomic E-state index is 0.0406. The Morgan fingerprint density at radius 2 is 2.19 bits per heavy atom. The lowest BCUT2D eigenvalue weighted by molar-refractivity contribution is 0.0933. The van der Waals surface area contributed by atoms with Gasteiger partial charge in [0.05, 0.1) is 0 Å². The second-order valence-electron chi connectivity index (χ2n) is 3.88. The quantitative estimate of drug-likeness (QED) is 0.821. The van der Waals surface area contributed by atoms with Gasteiger partial charge < -0.3 is 5.32 Å². The molecule has 3 heteroatoms. The maximum Gasteiger partial charge on any atom is 0.251 e. The van der Waals surface area contributed by atoms with Crippen molar-refractivity contribution in [1.29, 1.82) is 0 Å². The first-order chi connectivity index (χ1) is 7.67. The Bertz CT molecular complexity index is 352. The standard InChI is InChI=1S/C13H18INO/c1-3-6-12(4-2)15-13(16)10-7-5-8-11(14)9-10/h5,7-9,12H,3-4,6H2,1-2H3,(H,15,16). The lowest BCUT2D eigenvalue weighted by atomic mass is 10.1. The number of benzene rings is 1. The molecule has 1 aromatic rings. The monoisotopic (exact) mass is 331 g/mol. The second kappa shape index (κ2) is 6.89. The van der Waals surface area contributed by atoms with Crippen LogP contribution in [0.5, 0.6) is 0 Å². The summed E-state index contributed by atoms with van der Waals surface area (Å²) in [6, 6.07) is 7.97. The van der Waals surface area contributed by atoms with Gasteiger partial charge in [0.25, 0.3) is 5.91 Å². The molecule has 0 radical (unpaired) electrons. The molecule has 1 unspecified atom stereocenters. The number of carbonyl (C=O) groups is 1. The van der Waals surface area contributed by atoms with Gasteiger partial charge in [0.15, 0.2) is 0 Å². The Kier molecular flexibility index (Phi) is 5.80. The largest absolute Gasteiger partial charge is 0.349 e. The zero-order valence-corrected chi connectivity index (χ0v) is 12.0. The highest BCUT2D eigenvalue weighted by atomic mass is 127. The Hall–Kier alpha value is -0.580. The third-order valence-corrected chi connectivity index (χ3v) is 3.22. The Labute approximate surface area is 111 Å². The van der Waals surface area contributed by atoms with Crippen LogP contribution in [-0.4, -0.2) is 11.9 Å². The highest BCUT2D eigenvalue weighted by molar-refractivity contribution is 14.1. The van der Waals surface area contributed by atoms with E-state index in [0.29, 0.717) is 6.04 Å². The summed E-state index contributed by atoms with van der Waals surface area (Å²) in [7, 11) is 0. The first kappa shape index (κ1) is 13.5. The first-order valence-electron chi connectivity index (χ1n) is 5.73. The molecular formula is C13H18INO.